The molecule has 1 aromatic carbocycles. The molecule has 0 aliphatic carbocycles. The molecule has 2 rings (SSSR count). The Morgan fingerprint density at radius 1 is 1.58 bits per heavy atom. The fraction of sp³-hybridized carbons (Fsp3) is 0.231. The zero-order valence-corrected chi connectivity index (χ0v) is 11.9. The molecule has 2 aromatic rings. The highest BCUT2D eigenvalue weighted by Crippen LogP contribution is 2.18. The van der Waals surface area contributed by atoms with E-state index in [9.17, 15) is 9.18 Å². The van der Waals surface area contributed by atoms with Crippen LogP contribution < -0.4 is 5.32 Å². The number of carbonyl (C=O) groups is 1. The fourth-order valence-electron chi connectivity index (χ4n) is 1.71. The normalized spacial score (nSPS) is 12.2. The number of hydrogen-bond acceptors (Lipinski definition) is 2. The maximum absolute atomic E-state index is 13.0. The molecule has 1 atom stereocenters. The van der Waals surface area contributed by atoms with Crippen molar-refractivity contribution in [2.75, 3.05) is 0 Å². The molecule has 0 saturated heterocycles. The molecule has 1 aromatic heterocycles. The van der Waals surface area contributed by atoms with Crippen LogP contribution >= 0.6 is 15.9 Å². The van der Waals surface area contributed by atoms with Gasteiger partial charge in [-0.3, -0.25) is 9.48 Å². The summed E-state index contributed by atoms with van der Waals surface area (Å²) in [6.07, 6.45) is 3.52. The van der Waals surface area contributed by atoms with Crippen LogP contribution in [0.3, 0.4) is 0 Å². The Labute approximate surface area is 118 Å². The van der Waals surface area contributed by atoms with E-state index in [1.165, 1.54) is 18.2 Å². The zero-order chi connectivity index (χ0) is 13.8. The summed E-state index contributed by atoms with van der Waals surface area (Å²) in [5, 5.41) is 6.91. The third kappa shape index (κ3) is 3.64. The largest absolute Gasteiger partial charge is 0.348 e. The van der Waals surface area contributed by atoms with Crippen LogP contribution in [0.5, 0.6) is 0 Å². The van der Waals surface area contributed by atoms with Crippen molar-refractivity contribution in [3.05, 3.63) is 52.5 Å². The standard InChI is InChI=1S/C13H13BrFN3O/c1-9(8-18-6-2-5-16-18)17-13(19)11-4-3-10(15)7-12(11)14/h2-7,9H,8H2,1H3,(H,17,19). The van der Waals surface area contributed by atoms with Crippen LogP contribution in [0.25, 0.3) is 0 Å². The summed E-state index contributed by atoms with van der Waals surface area (Å²) in [5.41, 5.74) is 0.411. The Kier molecular flexibility index (Phi) is 4.31. The topological polar surface area (TPSA) is 46.9 Å². The van der Waals surface area contributed by atoms with E-state index < -0.39 is 0 Å². The summed E-state index contributed by atoms with van der Waals surface area (Å²) >= 11 is 3.18. The van der Waals surface area contributed by atoms with Crippen LogP contribution in [0.2, 0.25) is 0 Å². The summed E-state index contributed by atoms with van der Waals surface area (Å²) < 4.78 is 15.1. The number of amides is 1. The van der Waals surface area contributed by atoms with Gasteiger partial charge in [-0.2, -0.15) is 5.10 Å². The molecule has 1 amide bonds. The van der Waals surface area contributed by atoms with Crippen molar-refractivity contribution in [2.24, 2.45) is 0 Å². The quantitative estimate of drug-likeness (QED) is 0.939. The van der Waals surface area contributed by atoms with E-state index in [1.54, 1.807) is 10.9 Å². The van der Waals surface area contributed by atoms with Gasteiger partial charge >= 0.3 is 0 Å². The Bertz CT molecular complexity index is 571. The van der Waals surface area contributed by atoms with Crippen molar-refractivity contribution in [1.82, 2.24) is 15.1 Å². The third-order valence-electron chi connectivity index (χ3n) is 2.57. The van der Waals surface area contributed by atoms with E-state index in [4.69, 9.17) is 0 Å². The molecule has 1 N–H and O–H groups in total. The van der Waals surface area contributed by atoms with E-state index in [2.05, 4.69) is 26.3 Å². The Morgan fingerprint density at radius 3 is 3.00 bits per heavy atom. The first-order valence-corrected chi connectivity index (χ1v) is 6.59. The zero-order valence-electron chi connectivity index (χ0n) is 10.3. The molecule has 0 fully saturated rings. The first-order chi connectivity index (χ1) is 9.06. The molecule has 1 unspecified atom stereocenters. The Hall–Kier alpha value is -1.69. The predicted molar refractivity (Wildman–Crippen MR) is 73.3 cm³/mol. The highest BCUT2D eigenvalue weighted by atomic mass is 79.9. The second kappa shape index (κ2) is 5.97. The van der Waals surface area contributed by atoms with Gasteiger partial charge in [-0.1, -0.05) is 0 Å². The number of nitrogens with zero attached hydrogens (tertiary/aromatic N) is 2. The van der Waals surface area contributed by atoms with Crippen molar-refractivity contribution < 1.29 is 9.18 Å². The molecule has 0 saturated carbocycles. The van der Waals surface area contributed by atoms with Crippen LogP contribution in [0.4, 0.5) is 4.39 Å². The van der Waals surface area contributed by atoms with Gasteiger partial charge in [0.15, 0.2) is 0 Å². The van der Waals surface area contributed by atoms with Gasteiger partial charge < -0.3 is 5.32 Å². The third-order valence-corrected chi connectivity index (χ3v) is 3.23. The van der Waals surface area contributed by atoms with Gasteiger partial charge in [0.25, 0.3) is 5.91 Å². The Morgan fingerprint density at radius 2 is 2.37 bits per heavy atom. The Balaban J connectivity index is 2.00. The first kappa shape index (κ1) is 13.7. The lowest BCUT2D eigenvalue weighted by molar-refractivity contribution is 0.0935. The van der Waals surface area contributed by atoms with E-state index in [0.29, 0.717) is 16.6 Å². The molecule has 0 aliphatic heterocycles. The summed E-state index contributed by atoms with van der Waals surface area (Å²) in [7, 11) is 0. The second-order valence-electron chi connectivity index (χ2n) is 4.23. The lowest BCUT2D eigenvalue weighted by atomic mass is 10.2. The molecule has 0 bridgehead atoms. The molecule has 19 heavy (non-hydrogen) atoms. The number of halogens is 2. The van der Waals surface area contributed by atoms with Crippen LogP contribution in [0.15, 0.2) is 41.1 Å². The number of nitrogens with one attached hydrogen (secondary N) is 1. The van der Waals surface area contributed by atoms with Gasteiger partial charge in [-0.25, -0.2) is 4.39 Å². The summed E-state index contributed by atoms with van der Waals surface area (Å²) in [6.45, 7) is 2.47. The van der Waals surface area contributed by atoms with Crippen molar-refractivity contribution in [3.8, 4) is 0 Å². The summed E-state index contributed by atoms with van der Waals surface area (Å²) in [4.78, 5) is 12.0. The van der Waals surface area contributed by atoms with E-state index >= 15 is 0 Å². The lowest BCUT2D eigenvalue weighted by Crippen LogP contribution is -2.36. The molecule has 0 spiro atoms. The number of benzene rings is 1. The van der Waals surface area contributed by atoms with Crippen molar-refractivity contribution in [2.45, 2.75) is 19.5 Å². The van der Waals surface area contributed by atoms with E-state index in [-0.39, 0.29) is 17.8 Å². The van der Waals surface area contributed by atoms with Crippen molar-refractivity contribution in [3.63, 3.8) is 0 Å². The number of rotatable bonds is 4. The minimum absolute atomic E-state index is 0.0793. The minimum atomic E-state index is -0.381. The SMILES string of the molecule is CC(Cn1cccn1)NC(=O)c1ccc(F)cc1Br. The van der Waals surface area contributed by atoms with Crippen molar-refractivity contribution in [1.29, 1.82) is 0 Å². The van der Waals surface area contributed by atoms with Crippen molar-refractivity contribution >= 4 is 21.8 Å². The summed E-state index contributed by atoms with van der Waals surface area (Å²) in [5.74, 6) is -0.625. The fourth-order valence-corrected chi connectivity index (χ4v) is 2.24. The molecule has 0 aliphatic rings. The first-order valence-electron chi connectivity index (χ1n) is 5.79. The number of carbonyl (C=O) groups excluding carboxylic acids is 1. The van der Waals surface area contributed by atoms with Gasteiger partial charge in [-0.15, -0.1) is 0 Å². The van der Waals surface area contributed by atoms with Gasteiger partial charge in [0.1, 0.15) is 5.82 Å². The average Bonchev–Trinajstić information content (AvgIpc) is 2.81. The molecule has 100 valence electrons. The number of hydrogen-bond donors (Lipinski definition) is 1. The maximum Gasteiger partial charge on any atom is 0.252 e. The van der Waals surface area contributed by atoms with Crippen LogP contribution in [0.1, 0.15) is 17.3 Å². The van der Waals surface area contributed by atoms with E-state index in [1.807, 2.05) is 19.2 Å². The molecule has 4 nitrogen and oxygen atoms in total. The van der Waals surface area contributed by atoms with Crippen LogP contribution in [0, 0.1) is 5.82 Å². The molecule has 1 heterocycles. The molecule has 0 radical (unpaired) electrons. The molecular weight excluding hydrogens is 313 g/mol. The van der Waals surface area contributed by atoms with E-state index in [0.717, 1.165) is 0 Å². The van der Waals surface area contributed by atoms with Gasteiger partial charge in [0.2, 0.25) is 0 Å². The maximum atomic E-state index is 13.0. The van der Waals surface area contributed by atoms with Crippen LogP contribution in [-0.4, -0.2) is 21.7 Å². The minimum Gasteiger partial charge on any atom is -0.348 e. The average molecular weight is 326 g/mol. The molecular formula is C13H13BrFN3O. The van der Waals surface area contributed by atoms with Crippen LogP contribution in [-0.2, 0) is 6.54 Å². The molecule has 6 heteroatoms. The second-order valence-corrected chi connectivity index (χ2v) is 5.08. The lowest BCUT2D eigenvalue weighted by Gasteiger charge is -2.14. The van der Waals surface area contributed by atoms with Gasteiger partial charge in [0, 0.05) is 22.9 Å². The summed E-state index contributed by atoms with van der Waals surface area (Å²) in [6, 6.07) is 5.73. The monoisotopic (exact) mass is 325 g/mol. The highest BCUT2D eigenvalue weighted by Gasteiger charge is 2.13. The number of aromatic nitrogens is 2. The van der Waals surface area contributed by atoms with Gasteiger partial charge in [-0.05, 0) is 47.1 Å². The predicted octanol–water partition coefficient (Wildman–Crippen LogP) is 2.60. The smallest absolute Gasteiger partial charge is 0.252 e. The van der Waals surface area contributed by atoms with Gasteiger partial charge in [0.05, 0.1) is 12.1 Å². The highest BCUT2D eigenvalue weighted by molar-refractivity contribution is 9.10.